The Morgan fingerprint density at radius 3 is 2.88 bits per heavy atom. The summed E-state index contributed by atoms with van der Waals surface area (Å²) in [7, 11) is 4.11. The van der Waals surface area contributed by atoms with Gasteiger partial charge in [-0.2, -0.15) is 0 Å². The normalized spacial score (nSPS) is 11.3. The van der Waals surface area contributed by atoms with Crippen LogP contribution >= 0.6 is 34.4 Å². The molecule has 138 valence electrons. The molecule has 0 aliphatic heterocycles. The summed E-state index contributed by atoms with van der Waals surface area (Å²) in [5.41, 5.74) is 0.571. The molecule has 0 fully saturated rings. The molecular formula is C16H19N5O2S3. The first-order chi connectivity index (χ1) is 12.5. The van der Waals surface area contributed by atoms with E-state index in [9.17, 15) is 4.79 Å². The fraction of sp³-hybridized carbons (Fsp3) is 0.375. The molecule has 10 heteroatoms. The Labute approximate surface area is 163 Å². The van der Waals surface area contributed by atoms with Crippen LogP contribution in [0.2, 0.25) is 0 Å². The van der Waals surface area contributed by atoms with Gasteiger partial charge in [0.25, 0.3) is 0 Å². The summed E-state index contributed by atoms with van der Waals surface area (Å²) in [5, 5.41) is 22.2. The van der Waals surface area contributed by atoms with Gasteiger partial charge in [-0.1, -0.05) is 6.07 Å². The number of nitrogens with zero attached hydrogens (tertiary/aromatic N) is 5. The van der Waals surface area contributed by atoms with E-state index in [0.717, 1.165) is 39.7 Å². The van der Waals surface area contributed by atoms with Gasteiger partial charge in [0.1, 0.15) is 0 Å². The number of hydrogen-bond acceptors (Lipinski definition) is 8. The molecule has 7 nitrogen and oxygen atoms in total. The highest BCUT2D eigenvalue weighted by Gasteiger charge is 2.17. The van der Waals surface area contributed by atoms with E-state index >= 15 is 0 Å². The lowest BCUT2D eigenvalue weighted by Crippen LogP contribution is -2.15. The quantitative estimate of drug-likeness (QED) is 0.581. The van der Waals surface area contributed by atoms with E-state index < -0.39 is 5.97 Å². The van der Waals surface area contributed by atoms with Crippen LogP contribution in [0, 0.1) is 0 Å². The van der Waals surface area contributed by atoms with E-state index in [1.54, 1.807) is 16.7 Å². The molecule has 1 N–H and O–H groups in total. The van der Waals surface area contributed by atoms with Gasteiger partial charge in [0, 0.05) is 11.9 Å². The minimum absolute atomic E-state index is 0.0625. The Kier molecular flexibility index (Phi) is 6.41. The number of aliphatic carboxylic acids is 1. The Balaban J connectivity index is 1.81. The number of carboxylic acids is 1. The molecule has 3 heterocycles. The largest absolute Gasteiger partial charge is 0.481 e. The minimum Gasteiger partial charge on any atom is -0.481 e. The van der Waals surface area contributed by atoms with E-state index in [-0.39, 0.29) is 6.42 Å². The van der Waals surface area contributed by atoms with Crippen molar-refractivity contribution in [1.29, 1.82) is 0 Å². The second-order valence-corrected chi connectivity index (χ2v) is 8.89. The number of aromatic nitrogens is 4. The van der Waals surface area contributed by atoms with Gasteiger partial charge < -0.3 is 14.6 Å². The molecule has 0 aliphatic carbocycles. The molecule has 3 aromatic rings. The molecule has 0 saturated carbocycles. The number of carbonyl (C=O) groups is 1. The second kappa shape index (κ2) is 8.76. The van der Waals surface area contributed by atoms with E-state index in [0.29, 0.717) is 5.69 Å². The van der Waals surface area contributed by atoms with Crippen molar-refractivity contribution >= 4 is 40.4 Å². The molecular weight excluding hydrogens is 390 g/mol. The molecule has 0 saturated heterocycles. The van der Waals surface area contributed by atoms with Crippen molar-refractivity contribution < 1.29 is 9.90 Å². The lowest BCUT2D eigenvalue weighted by molar-refractivity contribution is -0.136. The van der Waals surface area contributed by atoms with Crippen molar-refractivity contribution in [3.05, 3.63) is 28.6 Å². The van der Waals surface area contributed by atoms with Gasteiger partial charge in [-0.05, 0) is 50.3 Å². The first-order valence-corrected chi connectivity index (χ1v) is 10.6. The van der Waals surface area contributed by atoms with Crippen molar-refractivity contribution in [2.24, 2.45) is 0 Å². The summed E-state index contributed by atoms with van der Waals surface area (Å²) in [6, 6.07) is 4.05. The minimum atomic E-state index is -0.876. The first kappa shape index (κ1) is 19.0. The van der Waals surface area contributed by atoms with Crippen molar-refractivity contribution in [2.45, 2.75) is 28.9 Å². The zero-order valence-electron chi connectivity index (χ0n) is 14.5. The molecule has 3 aromatic heterocycles. The predicted molar refractivity (Wildman–Crippen MR) is 104 cm³/mol. The molecule has 0 spiro atoms. The lowest BCUT2D eigenvalue weighted by Gasteiger charge is -2.12. The van der Waals surface area contributed by atoms with Crippen LogP contribution in [0.5, 0.6) is 0 Å². The number of thiophene rings is 1. The lowest BCUT2D eigenvalue weighted by atomic mass is 10.3. The molecule has 0 aliphatic rings. The molecule has 3 rings (SSSR count). The SMILES string of the molecule is CN(C)CCCn1c(Sc2nc(CC(=O)O)cs2)nnc1-c1cccs1. The van der Waals surface area contributed by atoms with Crippen molar-refractivity contribution in [3.8, 4) is 10.7 Å². The summed E-state index contributed by atoms with van der Waals surface area (Å²) >= 11 is 4.51. The van der Waals surface area contributed by atoms with E-state index in [2.05, 4.69) is 38.7 Å². The third-order valence-corrected chi connectivity index (χ3v) is 6.32. The van der Waals surface area contributed by atoms with Crippen LogP contribution in [-0.2, 0) is 17.8 Å². The van der Waals surface area contributed by atoms with Gasteiger partial charge in [0.05, 0.1) is 17.0 Å². The highest BCUT2D eigenvalue weighted by atomic mass is 32.2. The second-order valence-electron chi connectivity index (χ2n) is 5.87. The molecule has 0 atom stereocenters. The molecule has 0 bridgehead atoms. The zero-order chi connectivity index (χ0) is 18.5. The third kappa shape index (κ3) is 4.91. The van der Waals surface area contributed by atoms with E-state index in [1.165, 1.54) is 23.1 Å². The maximum absolute atomic E-state index is 10.8. The fourth-order valence-electron chi connectivity index (χ4n) is 2.35. The summed E-state index contributed by atoms with van der Waals surface area (Å²) in [6.45, 7) is 1.79. The zero-order valence-corrected chi connectivity index (χ0v) is 16.9. The average molecular weight is 410 g/mol. The van der Waals surface area contributed by atoms with Gasteiger partial charge >= 0.3 is 5.97 Å². The van der Waals surface area contributed by atoms with Gasteiger partial charge in [0.2, 0.25) is 0 Å². The Hall–Kier alpha value is -1.75. The molecule has 0 unspecified atom stereocenters. The highest BCUT2D eigenvalue weighted by molar-refractivity contribution is 8.00. The van der Waals surface area contributed by atoms with E-state index in [4.69, 9.17) is 5.11 Å². The van der Waals surface area contributed by atoms with Gasteiger partial charge in [-0.25, -0.2) is 4.98 Å². The number of hydrogen-bond donors (Lipinski definition) is 1. The van der Waals surface area contributed by atoms with Crippen LogP contribution in [0.4, 0.5) is 0 Å². The monoisotopic (exact) mass is 409 g/mol. The van der Waals surface area contributed by atoms with Crippen LogP contribution in [0.15, 0.2) is 32.4 Å². The molecule has 0 aromatic carbocycles. The number of thiazole rings is 1. The van der Waals surface area contributed by atoms with Gasteiger partial charge in [-0.3, -0.25) is 4.79 Å². The van der Waals surface area contributed by atoms with Crippen LogP contribution in [0.25, 0.3) is 10.7 Å². The Morgan fingerprint density at radius 1 is 1.35 bits per heavy atom. The number of carboxylic acid groups (broad SMARTS) is 1. The Morgan fingerprint density at radius 2 is 2.19 bits per heavy atom. The van der Waals surface area contributed by atoms with Gasteiger partial charge in [-0.15, -0.1) is 32.9 Å². The van der Waals surface area contributed by atoms with Crippen LogP contribution in [0.3, 0.4) is 0 Å². The third-order valence-electron chi connectivity index (χ3n) is 3.49. The summed E-state index contributed by atoms with van der Waals surface area (Å²) < 4.78 is 2.90. The van der Waals surface area contributed by atoms with Crippen molar-refractivity contribution in [3.63, 3.8) is 0 Å². The predicted octanol–water partition coefficient (Wildman–Crippen LogP) is 3.19. The van der Waals surface area contributed by atoms with Crippen LogP contribution in [0.1, 0.15) is 12.1 Å². The maximum Gasteiger partial charge on any atom is 0.309 e. The average Bonchev–Trinajstić information content (AvgIpc) is 3.29. The topological polar surface area (TPSA) is 84.1 Å². The maximum atomic E-state index is 10.8. The fourth-order valence-corrected chi connectivity index (χ4v) is 4.86. The summed E-state index contributed by atoms with van der Waals surface area (Å²) in [5.74, 6) is -0.0118. The van der Waals surface area contributed by atoms with Crippen molar-refractivity contribution in [2.75, 3.05) is 20.6 Å². The van der Waals surface area contributed by atoms with E-state index in [1.807, 2.05) is 17.5 Å². The van der Waals surface area contributed by atoms with Crippen LogP contribution in [-0.4, -0.2) is 56.4 Å². The summed E-state index contributed by atoms with van der Waals surface area (Å²) in [6.07, 6.45) is 0.923. The molecule has 26 heavy (non-hydrogen) atoms. The Bertz CT molecular complexity index is 857. The smallest absolute Gasteiger partial charge is 0.309 e. The molecule has 0 amide bonds. The van der Waals surface area contributed by atoms with Crippen molar-refractivity contribution in [1.82, 2.24) is 24.6 Å². The molecule has 0 radical (unpaired) electrons. The standard InChI is InChI=1S/C16H19N5O2S3/c1-20(2)6-4-7-21-14(12-5-3-8-24-12)18-19-15(21)26-16-17-11(10-25-16)9-13(22)23/h3,5,8,10H,4,6-7,9H2,1-2H3,(H,22,23). The van der Waals surface area contributed by atoms with Crippen LogP contribution < -0.4 is 0 Å². The number of rotatable bonds is 9. The first-order valence-electron chi connectivity index (χ1n) is 7.99. The van der Waals surface area contributed by atoms with Gasteiger partial charge in [0.15, 0.2) is 15.3 Å². The summed E-state index contributed by atoms with van der Waals surface area (Å²) in [4.78, 5) is 18.4. The highest BCUT2D eigenvalue weighted by Crippen LogP contribution is 2.33.